The van der Waals surface area contributed by atoms with Crippen molar-refractivity contribution in [3.05, 3.63) is 12.2 Å². The van der Waals surface area contributed by atoms with Crippen LogP contribution in [0.1, 0.15) is 13.8 Å². The van der Waals surface area contributed by atoms with Crippen LogP contribution in [0.25, 0.3) is 0 Å². The van der Waals surface area contributed by atoms with E-state index in [9.17, 15) is 4.79 Å². The fraction of sp³-hybridized carbons (Fsp3) is 0.571. The van der Waals surface area contributed by atoms with E-state index in [0.29, 0.717) is 0 Å². The second-order valence-corrected chi connectivity index (χ2v) is 2.61. The summed E-state index contributed by atoms with van der Waals surface area (Å²) in [5, 5.41) is 9.15. The first-order chi connectivity index (χ1) is 4.63. The summed E-state index contributed by atoms with van der Waals surface area (Å²) in [6.45, 7) is 3.74. The number of hydrogen-bond donors (Lipinski definition) is 1. The van der Waals surface area contributed by atoms with Crippen LogP contribution in [0.2, 0.25) is 0 Å². The average molecular weight is 141 g/mol. The van der Waals surface area contributed by atoms with Crippen LogP contribution in [0.4, 0.5) is 0 Å². The Bertz CT molecular complexity index is 174. The number of aliphatic hydroxyl groups excluding tert-OH is 1. The zero-order valence-corrected chi connectivity index (χ0v) is 6.11. The first kappa shape index (κ1) is 7.28. The molecule has 0 fully saturated rings. The molecule has 0 bridgehead atoms. The van der Waals surface area contributed by atoms with E-state index in [2.05, 4.69) is 0 Å². The summed E-state index contributed by atoms with van der Waals surface area (Å²) in [6, 6.07) is 0.0671. The van der Waals surface area contributed by atoms with E-state index < -0.39 is 6.23 Å². The highest BCUT2D eigenvalue weighted by Crippen LogP contribution is 2.11. The lowest BCUT2D eigenvalue weighted by molar-refractivity contribution is -0.133. The highest BCUT2D eigenvalue weighted by atomic mass is 16.3. The summed E-state index contributed by atoms with van der Waals surface area (Å²) in [4.78, 5) is 12.3. The fourth-order valence-corrected chi connectivity index (χ4v) is 1.04. The Morgan fingerprint density at radius 3 is 2.50 bits per heavy atom. The van der Waals surface area contributed by atoms with Gasteiger partial charge in [-0.3, -0.25) is 4.79 Å². The molecule has 0 aromatic rings. The number of amides is 1. The standard InChI is InChI=1S/C7H11NO2/c1-5(2)8-6(9)3-4-7(8)10/h3-6,9H,1-2H3. The fourth-order valence-electron chi connectivity index (χ4n) is 1.04. The van der Waals surface area contributed by atoms with Crippen molar-refractivity contribution in [2.24, 2.45) is 0 Å². The smallest absolute Gasteiger partial charge is 0.248 e. The molecular formula is C7H11NO2. The molecule has 3 nitrogen and oxygen atoms in total. The van der Waals surface area contributed by atoms with Gasteiger partial charge in [-0.1, -0.05) is 0 Å². The third-order valence-corrected chi connectivity index (χ3v) is 1.51. The molecule has 56 valence electrons. The van der Waals surface area contributed by atoms with Gasteiger partial charge in [0.25, 0.3) is 0 Å². The topological polar surface area (TPSA) is 40.5 Å². The number of aliphatic hydroxyl groups is 1. The highest BCUT2D eigenvalue weighted by molar-refractivity contribution is 5.90. The molecule has 10 heavy (non-hydrogen) atoms. The van der Waals surface area contributed by atoms with Crippen LogP contribution in [0.15, 0.2) is 12.2 Å². The maximum Gasteiger partial charge on any atom is 0.248 e. The highest BCUT2D eigenvalue weighted by Gasteiger charge is 2.25. The molecule has 1 N–H and O–H groups in total. The van der Waals surface area contributed by atoms with E-state index in [-0.39, 0.29) is 11.9 Å². The van der Waals surface area contributed by atoms with Gasteiger partial charge in [-0.05, 0) is 19.9 Å². The minimum absolute atomic E-state index is 0.0671. The summed E-state index contributed by atoms with van der Waals surface area (Å²) < 4.78 is 0. The molecule has 1 unspecified atom stereocenters. The molecule has 0 saturated carbocycles. The Morgan fingerprint density at radius 2 is 2.30 bits per heavy atom. The Hall–Kier alpha value is -0.830. The van der Waals surface area contributed by atoms with Crippen LogP contribution in [-0.2, 0) is 4.79 Å². The molecule has 1 aliphatic rings. The van der Waals surface area contributed by atoms with Gasteiger partial charge >= 0.3 is 0 Å². The van der Waals surface area contributed by atoms with Crippen molar-refractivity contribution >= 4 is 5.91 Å². The van der Waals surface area contributed by atoms with Crippen LogP contribution < -0.4 is 0 Å². The van der Waals surface area contributed by atoms with E-state index in [1.807, 2.05) is 13.8 Å². The normalized spacial score (nSPS) is 25.0. The van der Waals surface area contributed by atoms with E-state index in [1.165, 1.54) is 17.1 Å². The molecule has 1 rings (SSSR count). The average Bonchev–Trinajstić information content (AvgIpc) is 2.11. The zero-order valence-electron chi connectivity index (χ0n) is 6.11. The predicted molar refractivity (Wildman–Crippen MR) is 37.1 cm³/mol. The molecule has 3 heteroatoms. The molecule has 1 atom stereocenters. The molecule has 0 aromatic carbocycles. The van der Waals surface area contributed by atoms with Crippen LogP contribution in [0, 0.1) is 0 Å². The first-order valence-corrected chi connectivity index (χ1v) is 3.31. The molecule has 1 heterocycles. The zero-order chi connectivity index (χ0) is 7.72. The predicted octanol–water partition coefficient (Wildman–Crippen LogP) is 0.112. The summed E-state index contributed by atoms with van der Waals surface area (Å²) in [5.74, 6) is -0.109. The van der Waals surface area contributed by atoms with Gasteiger partial charge in [-0.25, -0.2) is 0 Å². The molecule has 0 radical (unpaired) electrons. The van der Waals surface area contributed by atoms with Gasteiger partial charge in [0.2, 0.25) is 5.91 Å². The Labute approximate surface area is 59.9 Å². The van der Waals surface area contributed by atoms with Gasteiger partial charge in [0, 0.05) is 12.1 Å². The van der Waals surface area contributed by atoms with Crippen molar-refractivity contribution in [3.63, 3.8) is 0 Å². The van der Waals surface area contributed by atoms with Gasteiger partial charge in [-0.2, -0.15) is 0 Å². The molecule has 0 aromatic heterocycles. The van der Waals surface area contributed by atoms with Crippen molar-refractivity contribution in [3.8, 4) is 0 Å². The lowest BCUT2D eigenvalue weighted by Gasteiger charge is -2.24. The second kappa shape index (κ2) is 2.42. The molecule has 0 spiro atoms. The van der Waals surface area contributed by atoms with Gasteiger partial charge in [0.15, 0.2) is 0 Å². The maximum atomic E-state index is 10.9. The monoisotopic (exact) mass is 141 g/mol. The number of carbonyl (C=O) groups is 1. The second-order valence-electron chi connectivity index (χ2n) is 2.61. The van der Waals surface area contributed by atoms with Crippen molar-refractivity contribution in [1.29, 1.82) is 0 Å². The van der Waals surface area contributed by atoms with Gasteiger partial charge in [0.1, 0.15) is 6.23 Å². The Kier molecular flexibility index (Phi) is 1.76. The molecule has 0 saturated heterocycles. The minimum atomic E-state index is -0.715. The molecular weight excluding hydrogens is 130 g/mol. The number of nitrogens with zero attached hydrogens (tertiary/aromatic N) is 1. The summed E-state index contributed by atoms with van der Waals surface area (Å²) in [5.41, 5.74) is 0. The summed E-state index contributed by atoms with van der Waals surface area (Å²) in [6.07, 6.45) is 2.17. The third kappa shape index (κ3) is 1.04. The van der Waals surface area contributed by atoms with Gasteiger partial charge < -0.3 is 10.0 Å². The van der Waals surface area contributed by atoms with Crippen LogP contribution in [0.3, 0.4) is 0 Å². The minimum Gasteiger partial charge on any atom is -0.370 e. The van der Waals surface area contributed by atoms with Crippen molar-refractivity contribution in [2.75, 3.05) is 0 Å². The molecule has 0 aliphatic carbocycles. The Balaban J connectivity index is 2.69. The lowest BCUT2D eigenvalue weighted by Crippen LogP contribution is -2.39. The van der Waals surface area contributed by atoms with Crippen LogP contribution >= 0.6 is 0 Å². The van der Waals surface area contributed by atoms with Crippen LogP contribution in [0.5, 0.6) is 0 Å². The number of rotatable bonds is 1. The summed E-state index contributed by atoms with van der Waals surface area (Å²) >= 11 is 0. The largest absolute Gasteiger partial charge is 0.370 e. The Morgan fingerprint density at radius 1 is 1.70 bits per heavy atom. The van der Waals surface area contributed by atoms with E-state index in [0.717, 1.165) is 0 Å². The first-order valence-electron chi connectivity index (χ1n) is 3.31. The lowest BCUT2D eigenvalue weighted by atomic mass is 10.3. The molecule has 1 amide bonds. The molecule has 1 aliphatic heterocycles. The maximum absolute atomic E-state index is 10.9. The van der Waals surface area contributed by atoms with E-state index in [4.69, 9.17) is 5.11 Å². The van der Waals surface area contributed by atoms with E-state index in [1.54, 1.807) is 0 Å². The van der Waals surface area contributed by atoms with Crippen molar-refractivity contribution in [2.45, 2.75) is 26.1 Å². The van der Waals surface area contributed by atoms with Gasteiger partial charge in [0.05, 0.1) is 0 Å². The van der Waals surface area contributed by atoms with Crippen molar-refractivity contribution in [1.82, 2.24) is 4.90 Å². The quantitative estimate of drug-likeness (QED) is 0.563. The number of hydrogen-bond acceptors (Lipinski definition) is 2. The third-order valence-electron chi connectivity index (χ3n) is 1.51. The van der Waals surface area contributed by atoms with Crippen molar-refractivity contribution < 1.29 is 9.90 Å². The SMILES string of the molecule is CC(C)N1C(=O)C=CC1O. The number of carbonyl (C=O) groups excluding carboxylic acids is 1. The van der Waals surface area contributed by atoms with Crippen LogP contribution in [-0.4, -0.2) is 28.2 Å². The van der Waals surface area contributed by atoms with E-state index >= 15 is 0 Å². The van der Waals surface area contributed by atoms with Gasteiger partial charge in [-0.15, -0.1) is 0 Å². The summed E-state index contributed by atoms with van der Waals surface area (Å²) in [7, 11) is 0.